The Morgan fingerprint density at radius 3 is 2.73 bits per heavy atom. The number of ether oxygens (including phenoxy) is 1. The number of carbonyl (C=O) groups excluding carboxylic acids is 1. The van der Waals surface area contributed by atoms with E-state index in [0.717, 1.165) is 72.6 Å². The fourth-order valence-electron chi connectivity index (χ4n) is 5.06. The molecule has 7 heteroatoms. The molecule has 4 heterocycles. The van der Waals surface area contributed by atoms with E-state index in [1.807, 2.05) is 36.2 Å². The van der Waals surface area contributed by atoms with Crippen molar-refractivity contribution in [2.45, 2.75) is 58.5 Å². The molecule has 3 aromatic rings. The summed E-state index contributed by atoms with van der Waals surface area (Å²) < 4.78 is 8.56. The van der Waals surface area contributed by atoms with Crippen LogP contribution in [0.25, 0.3) is 11.1 Å². The van der Waals surface area contributed by atoms with Crippen molar-refractivity contribution in [3.63, 3.8) is 0 Å². The summed E-state index contributed by atoms with van der Waals surface area (Å²) in [4.78, 5) is 18.9. The van der Waals surface area contributed by atoms with E-state index in [0.29, 0.717) is 11.9 Å². The second-order valence-electron chi connectivity index (χ2n) is 9.13. The lowest BCUT2D eigenvalue weighted by Gasteiger charge is -2.35. The van der Waals surface area contributed by atoms with Gasteiger partial charge in [-0.05, 0) is 70.8 Å². The van der Waals surface area contributed by atoms with Crippen LogP contribution in [-0.2, 0) is 11.2 Å². The maximum atomic E-state index is 12.5. The van der Waals surface area contributed by atoms with Crippen LogP contribution in [0.2, 0.25) is 0 Å². The summed E-state index contributed by atoms with van der Waals surface area (Å²) in [5.74, 6) is 1.38. The van der Waals surface area contributed by atoms with E-state index in [-0.39, 0.29) is 11.9 Å². The highest BCUT2D eigenvalue weighted by atomic mass is 16.5. The van der Waals surface area contributed by atoms with Crippen molar-refractivity contribution in [2.75, 3.05) is 18.0 Å². The number of benzene rings is 1. The average Bonchev–Trinajstić information content (AvgIpc) is 3.29. The zero-order valence-corrected chi connectivity index (χ0v) is 19.5. The minimum Gasteiger partial charge on any atom is -0.438 e. The number of fused-ring (bicyclic) bond motifs is 1. The van der Waals surface area contributed by atoms with Gasteiger partial charge in [-0.25, -0.2) is 4.98 Å². The number of aryl methyl sites for hydroxylation is 1. The van der Waals surface area contributed by atoms with E-state index in [9.17, 15) is 4.79 Å². The van der Waals surface area contributed by atoms with Gasteiger partial charge >= 0.3 is 0 Å². The van der Waals surface area contributed by atoms with E-state index in [1.54, 1.807) is 6.92 Å². The van der Waals surface area contributed by atoms with Crippen LogP contribution in [-0.4, -0.2) is 39.8 Å². The Hall–Kier alpha value is -3.19. The largest absolute Gasteiger partial charge is 0.438 e. The molecule has 33 heavy (non-hydrogen) atoms. The van der Waals surface area contributed by atoms with Gasteiger partial charge in [0.1, 0.15) is 5.75 Å². The van der Waals surface area contributed by atoms with E-state index >= 15 is 0 Å². The molecule has 1 N–H and O–H groups in total. The number of hydrogen-bond acceptors (Lipinski definition) is 5. The van der Waals surface area contributed by atoms with E-state index in [1.165, 1.54) is 0 Å². The van der Waals surface area contributed by atoms with Crippen molar-refractivity contribution in [3.8, 4) is 22.8 Å². The number of piperidine rings is 1. The van der Waals surface area contributed by atoms with Gasteiger partial charge in [-0.1, -0.05) is 6.07 Å². The first kappa shape index (κ1) is 21.6. The molecule has 0 bridgehead atoms. The summed E-state index contributed by atoms with van der Waals surface area (Å²) in [5.41, 5.74) is 4.89. The summed E-state index contributed by atoms with van der Waals surface area (Å²) >= 11 is 0. The van der Waals surface area contributed by atoms with Crippen molar-refractivity contribution < 1.29 is 9.53 Å². The molecular formula is C26H31N5O2. The van der Waals surface area contributed by atoms with Crippen LogP contribution in [0.4, 0.5) is 5.69 Å². The van der Waals surface area contributed by atoms with Gasteiger partial charge < -0.3 is 15.0 Å². The standard InChI is InChI=1S/C26H31N5O2/c1-17-5-4-6-25(29-17)33-26-22(20-15-28-30(16-20)21-11-13-27-14-12-21)9-10-24-23(26)8-7-18(2)31(24)19(3)32/h4-6,9-10,15-16,18,21,27H,7-8,11-14H2,1-3H3. The van der Waals surface area contributed by atoms with Crippen LogP contribution in [0, 0.1) is 6.92 Å². The third kappa shape index (κ3) is 4.25. The van der Waals surface area contributed by atoms with Crippen LogP contribution in [0.15, 0.2) is 42.7 Å². The lowest BCUT2D eigenvalue weighted by atomic mass is 9.92. The average molecular weight is 446 g/mol. The number of anilines is 1. The Labute approximate surface area is 194 Å². The SMILES string of the molecule is CC(=O)N1c2ccc(-c3cnn(C4CCNCC4)c3)c(Oc3cccc(C)n3)c2CCC1C. The quantitative estimate of drug-likeness (QED) is 0.632. The minimum atomic E-state index is 0.0505. The highest BCUT2D eigenvalue weighted by Gasteiger charge is 2.30. The first-order valence-corrected chi connectivity index (χ1v) is 11.8. The number of nitrogens with one attached hydrogen (secondary N) is 1. The molecular weight excluding hydrogens is 414 g/mol. The van der Waals surface area contributed by atoms with Crippen LogP contribution in [0.5, 0.6) is 11.6 Å². The maximum absolute atomic E-state index is 12.5. The van der Waals surface area contributed by atoms with Gasteiger partial charge in [0.2, 0.25) is 11.8 Å². The number of pyridine rings is 1. The Kier molecular flexibility index (Phi) is 5.89. The second-order valence-corrected chi connectivity index (χ2v) is 9.13. The normalized spacial score (nSPS) is 18.8. The number of hydrogen-bond donors (Lipinski definition) is 1. The minimum absolute atomic E-state index is 0.0505. The molecule has 1 atom stereocenters. The van der Waals surface area contributed by atoms with Crippen molar-refractivity contribution in [2.24, 2.45) is 0 Å². The van der Waals surface area contributed by atoms with Gasteiger partial charge in [0, 0.05) is 47.6 Å². The van der Waals surface area contributed by atoms with Crippen molar-refractivity contribution in [1.82, 2.24) is 20.1 Å². The molecule has 2 aliphatic rings. The van der Waals surface area contributed by atoms with Crippen LogP contribution >= 0.6 is 0 Å². The Morgan fingerprint density at radius 2 is 1.97 bits per heavy atom. The smallest absolute Gasteiger partial charge is 0.224 e. The topological polar surface area (TPSA) is 72.3 Å². The summed E-state index contributed by atoms with van der Waals surface area (Å²) in [6.07, 6.45) is 7.94. The fourth-order valence-corrected chi connectivity index (χ4v) is 5.06. The van der Waals surface area contributed by atoms with Crippen molar-refractivity contribution in [3.05, 3.63) is 54.0 Å². The zero-order chi connectivity index (χ0) is 22.9. The predicted octanol–water partition coefficient (Wildman–Crippen LogP) is 4.66. The van der Waals surface area contributed by atoms with E-state index in [2.05, 4.69) is 40.2 Å². The van der Waals surface area contributed by atoms with Gasteiger partial charge in [-0.15, -0.1) is 0 Å². The molecule has 7 nitrogen and oxygen atoms in total. The molecule has 2 aromatic heterocycles. The predicted molar refractivity (Wildman–Crippen MR) is 129 cm³/mol. The molecule has 1 aromatic carbocycles. The highest BCUT2D eigenvalue weighted by Crippen LogP contribution is 2.44. The van der Waals surface area contributed by atoms with Crippen molar-refractivity contribution >= 4 is 11.6 Å². The number of amides is 1. The Balaban J connectivity index is 1.60. The third-order valence-corrected chi connectivity index (χ3v) is 6.75. The second kappa shape index (κ2) is 8.98. The summed E-state index contributed by atoms with van der Waals surface area (Å²) in [6.45, 7) is 7.72. The molecule has 5 rings (SSSR count). The molecule has 1 saturated heterocycles. The molecule has 2 aliphatic heterocycles. The Morgan fingerprint density at radius 1 is 1.15 bits per heavy atom. The summed E-state index contributed by atoms with van der Waals surface area (Å²) in [5, 5.41) is 8.11. The molecule has 1 unspecified atom stereocenters. The Bertz CT molecular complexity index is 1170. The highest BCUT2D eigenvalue weighted by molar-refractivity contribution is 5.95. The van der Waals surface area contributed by atoms with E-state index in [4.69, 9.17) is 9.84 Å². The van der Waals surface area contributed by atoms with Crippen LogP contribution in [0.1, 0.15) is 50.4 Å². The molecule has 0 aliphatic carbocycles. The lowest BCUT2D eigenvalue weighted by molar-refractivity contribution is -0.117. The molecule has 1 amide bonds. The lowest BCUT2D eigenvalue weighted by Crippen LogP contribution is -2.40. The fraction of sp³-hybridized carbons (Fsp3) is 0.423. The number of nitrogens with zero attached hydrogens (tertiary/aromatic N) is 4. The summed E-state index contributed by atoms with van der Waals surface area (Å²) in [6, 6.07) is 10.5. The molecule has 1 fully saturated rings. The molecule has 0 saturated carbocycles. The van der Waals surface area contributed by atoms with Gasteiger partial charge in [-0.3, -0.25) is 9.48 Å². The maximum Gasteiger partial charge on any atom is 0.224 e. The van der Waals surface area contributed by atoms with Gasteiger partial charge in [0.05, 0.1) is 17.9 Å². The van der Waals surface area contributed by atoms with E-state index < -0.39 is 0 Å². The molecule has 0 spiro atoms. The number of carbonyl (C=O) groups is 1. The van der Waals surface area contributed by atoms with Gasteiger partial charge in [0.25, 0.3) is 0 Å². The molecule has 0 radical (unpaired) electrons. The summed E-state index contributed by atoms with van der Waals surface area (Å²) in [7, 11) is 0. The van der Waals surface area contributed by atoms with Crippen molar-refractivity contribution in [1.29, 1.82) is 0 Å². The number of rotatable bonds is 4. The first-order valence-electron chi connectivity index (χ1n) is 11.8. The van der Waals surface area contributed by atoms with Crippen LogP contribution in [0.3, 0.4) is 0 Å². The first-order chi connectivity index (χ1) is 16.0. The van der Waals surface area contributed by atoms with Crippen LogP contribution < -0.4 is 15.0 Å². The number of aromatic nitrogens is 3. The monoisotopic (exact) mass is 445 g/mol. The third-order valence-electron chi connectivity index (χ3n) is 6.75. The van der Waals surface area contributed by atoms with Gasteiger partial charge in [-0.2, -0.15) is 5.10 Å². The zero-order valence-electron chi connectivity index (χ0n) is 19.5. The van der Waals surface area contributed by atoms with Gasteiger partial charge in [0.15, 0.2) is 0 Å². The molecule has 172 valence electrons.